The van der Waals surface area contributed by atoms with E-state index in [-0.39, 0.29) is 0 Å². The van der Waals surface area contributed by atoms with Gasteiger partial charge in [0.15, 0.2) is 0 Å². The van der Waals surface area contributed by atoms with E-state index in [0.717, 1.165) is 6.54 Å². The second-order valence-corrected chi connectivity index (χ2v) is 4.30. The molecule has 0 atom stereocenters. The third kappa shape index (κ3) is 3.10. The maximum Gasteiger partial charge on any atom is 0.0233 e. The standard InChI is InChI=1S/C15H19N/c1-2-6-14-9-11-16(12-10-14)13-15-7-4-3-5-8-15/h2-5,7-8H,9-13H2,1H3. The summed E-state index contributed by atoms with van der Waals surface area (Å²) in [6.45, 7) is 5.48. The van der Waals surface area contributed by atoms with E-state index < -0.39 is 0 Å². The minimum absolute atomic E-state index is 1.09. The SMILES string of the molecule is CC=C=C1CCN(Cc2ccccc2)CC1. The van der Waals surface area contributed by atoms with Crippen LogP contribution in [0.2, 0.25) is 0 Å². The van der Waals surface area contributed by atoms with E-state index in [4.69, 9.17) is 0 Å². The summed E-state index contributed by atoms with van der Waals surface area (Å²) in [6.07, 6.45) is 4.39. The van der Waals surface area contributed by atoms with Crippen molar-refractivity contribution in [3.8, 4) is 0 Å². The molecule has 1 aromatic rings. The summed E-state index contributed by atoms with van der Waals surface area (Å²) in [4.78, 5) is 2.52. The molecule has 1 nitrogen and oxygen atoms in total. The van der Waals surface area contributed by atoms with E-state index in [1.165, 1.54) is 37.1 Å². The molecule has 84 valence electrons. The van der Waals surface area contributed by atoms with Crippen LogP contribution in [0.4, 0.5) is 0 Å². The average molecular weight is 213 g/mol. The van der Waals surface area contributed by atoms with E-state index in [1.807, 2.05) is 13.0 Å². The van der Waals surface area contributed by atoms with Gasteiger partial charge >= 0.3 is 0 Å². The predicted molar refractivity (Wildman–Crippen MR) is 68.2 cm³/mol. The van der Waals surface area contributed by atoms with Crippen molar-refractivity contribution in [3.05, 3.63) is 53.3 Å². The monoisotopic (exact) mass is 213 g/mol. The van der Waals surface area contributed by atoms with Crippen LogP contribution in [0.15, 0.2) is 47.7 Å². The molecule has 2 rings (SSSR count). The highest BCUT2D eigenvalue weighted by Crippen LogP contribution is 2.16. The lowest BCUT2D eigenvalue weighted by Gasteiger charge is -2.27. The van der Waals surface area contributed by atoms with Gasteiger partial charge in [0.2, 0.25) is 0 Å². The van der Waals surface area contributed by atoms with Gasteiger partial charge < -0.3 is 0 Å². The minimum Gasteiger partial charge on any atom is -0.298 e. The Kier molecular flexibility index (Phi) is 3.98. The van der Waals surface area contributed by atoms with Gasteiger partial charge in [-0.15, -0.1) is 5.73 Å². The normalized spacial score (nSPS) is 16.9. The molecule has 0 aromatic heterocycles. The van der Waals surface area contributed by atoms with Crippen molar-refractivity contribution >= 4 is 0 Å². The summed E-state index contributed by atoms with van der Waals surface area (Å²) in [5, 5.41) is 0. The molecule has 16 heavy (non-hydrogen) atoms. The zero-order valence-electron chi connectivity index (χ0n) is 9.95. The molecule has 1 fully saturated rings. The predicted octanol–water partition coefficient (Wildman–Crippen LogP) is 3.38. The molecule has 1 heterocycles. The van der Waals surface area contributed by atoms with Crippen LogP contribution in [-0.2, 0) is 6.54 Å². The Morgan fingerprint density at radius 2 is 1.88 bits per heavy atom. The van der Waals surface area contributed by atoms with E-state index >= 15 is 0 Å². The highest BCUT2D eigenvalue weighted by atomic mass is 15.1. The second-order valence-electron chi connectivity index (χ2n) is 4.30. The van der Waals surface area contributed by atoms with Crippen molar-refractivity contribution in [2.45, 2.75) is 26.3 Å². The van der Waals surface area contributed by atoms with E-state index in [1.54, 1.807) is 0 Å². The highest BCUT2D eigenvalue weighted by molar-refractivity contribution is 5.15. The number of rotatable bonds is 2. The fourth-order valence-corrected chi connectivity index (χ4v) is 2.17. The number of hydrogen-bond acceptors (Lipinski definition) is 1. The lowest BCUT2D eigenvalue weighted by molar-refractivity contribution is 0.248. The summed E-state index contributed by atoms with van der Waals surface area (Å²) in [5.41, 5.74) is 6.23. The van der Waals surface area contributed by atoms with Crippen LogP contribution < -0.4 is 0 Å². The lowest BCUT2D eigenvalue weighted by atomic mass is 10.0. The van der Waals surface area contributed by atoms with Gasteiger partial charge in [0, 0.05) is 19.6 Å². The first kappa shape index (κ1) is 11.2. The number of benzene rings is 1. The highest BCUT2D eigenvalue weighted by Gasteiger charge is 2.13. The molecule has 0 N–H and O–H groups in total. The van der Waals surface area contributed by atoms with Gasteiger partial charge in [0.05, 0.1) is 0 Å². The van der Waals surface area contributed by atoms with Crippen LogP contribution in [0.3, 0.4) is 0 Å². The topological polar surface area (TPSA) is 3.24 Å². The molecule has 0 spiro atoms. The summed E-state index contributed by atoms with van der Waals surface area (Å²) in [5.74, 6) is 0. The summed E-state index contributed by atoms with van der Waals surface area (Å²) in [6, 6.07) is 10.7. The van der Waals surface area contributed by atoms with Crippen molar-refractivity contribution in [1.29, 1.82) is 0 Å². The van der Waals surface area contributed by atoms with Gasteiger partial charge in [-0.2, -0.15) is 0 Å². The Hall–Kier alpha value is -1.30. The first-order valence-corrected chi connectivity index (χ1v) is 6.04. The molecule has 0 saturated carbocycles. The molecular formula is C15H19N. The van der Waals surface area contributed by atoms with E-state index in [2.05, 4.69) is 41.0 Å². The zero-order valence-corrected chi connectivity index (χ0v) is 9.95. The molecule has 0 aliphatic carbocycles. The van der Waals surface area contributed by atoms with Crippen molar-refractivity contribution in [2.24, 2.45) is 0 Å². The zero-order chi connectivity index (χ0) is 11.2. The van der Waals surface area contributed by atoms with Crippen LogP contribution in [-0.4, -0.2) is 18.0 Å². The van der Waals surface area contributed by atoms with Gasteiger partial charge in [0.25, 0.3) is 0 Å². The number of likely N-dealkylation sites (tertiary alicyclic amines) is 1. The quantitative estimate of drug-likeness (QED) is 0.681. The Morgan fingerprint density at radius 1 is 1.19 bits per heavy atom. The second kappa shape index (κ2) is 5.69. The van der Waals surface area contributed by atoms with Gasteiger partial charge in [-0.05, 0) is 37.0 Å². The molecule has 1 saturated heterocycles. The molecule has 1 heteroatoms. The van der Waals surface area contributed by atoms with Crippen molar-refractivity contribution in [3.63, 3.8) is 0 Å². The van der Waals surface area contributed by atoms with E-state index in [0.29, 0.717) is 0 Å². The number of piperidine rings is 1. The maximum absolute atomic E-state index is 3.33. The fourth-order valence-electron chi connectivity index (χ4n) is 2.17. The van der Waals surface area contributed by atoms with Crippen molar-refractivity contribution in [2.75, 3.05) is 13.1 Å². The molecular weight excluding hydrogens is 194 g/mol. The Balaban J connectivity index is 1.89. The van der Waals surface area contributed by atoms with Gasteiger partial charge in [-0.1, -0.05) is 30.3 Å². The molecule has 0 bridgehead atoms. The Labute approximate surface area is 98.1 Å². The molecule has 0 radical (unpaired) electrons. The molecule has 1 aliphatic heterocycles. The largest absolute Gasteiger partial charge is 0.298 e. The van der Waals surface area contributed by atoms with Crippen LogP contribution in [0, 0.1) is 0 Å². The maximum atomic E-state index is 3.33. The third-order valence-corrected chi connectivity index (χ3v) is 3.06. The first-order chi connectivity index (χ1) is 7.88. The summed E-state index contributed by atoms with van der Waals surface area (Å²) >= 11 is 0. The van der Waals surface area contributed by atoms with Gasteiger partial charge in [-0.25, -0.2) is 0 Å². The number of nitrogens with zero attached hydrogens (tertiary/aromatic N) is 1. The number of hydrogen-bond donors (Lipinski definition) is 0. The molecule has 0 unspecified atom stereocenters. The van der Waals surface area contributed by atoms with E-state index in [9.17, 15) is 0 Å². The lowest BCUT2D eigenvalue weighted by Crippen LogP contribution is -2.29. The van der Waals surface area contributed by atoms with Crippen LogP contribution in [0.25, 0.3) is 0 Å². The van der Waals surface area contributed by atoms with Crippen molar-refractivity contribution in [1.82, 2.24) is 4.90 Å². The Morgan fingerprint density at radius 3 is 2.50 bits per heavy atom. The average Bonchev–Trinajstić information content (AvgIpc) is 2.33. The Bertz CT molecular complexity index is 375. The van der Waals surface area contributed by atoms with Crippen LogP contribution in [0.1, 0.15) is 25.3 Å². The smallest absolute Gasteiger partial charge is 0.0233 e. The minimum atomic E-state index is 1.09. The summed E-state index contributed by atoms with van der Waals surface area (Å²) in [7, 11) is 0. The third-order valence-electron chi connectivity index (χ3n) is 3.06. The van der Waals surface area contributed by atoms with Crippen molar-refractivity contribution < 1.29 is 0 Å². The fraction of sp³-hybridized carbons (Fsp3) is 0.400. The van der Waals surface area contributed by atoms with Crippen LogP contribution in [0.5, 0.6) is 0 Å². The molecule has 1 aliphatic rings. The summed E-state index contributed by atoms with van der Waals surface area (Å²) < 4.78 is 0. The van der Waals surface area contributed by atoms with Crippen LogP contribution >= 0.6 is 0 Å². The van der Waals surface area contributed by atoms with Gasteiger partial charge in [-0.3, -0.25) is 4.90 Å². The first-order valence-electron chi connectivity index (χ1n) is 6.04. The van der Waals surface area contributed by atoms with Gasteiger partial charge in [0.1, 0.15) is 0 Å². The molecule has 1 aromatic carbocycles. The molecule has 0 amide bonds.